The molecule has 4 aliphatic heterocycles. The van der Waals surface area contributed by atoms with E-state index in [-0.39, 0.29) is 23.8 Å². The molecule has 26 heavy (non-hydrogen) atoms. The minimum atomic E-state index is -0.718. The van der Waals surface area contributed by atoms with Crippen molar-refractivity contribution in [3.05, 3.63) is 21.0 Å². The molecule has 0 aromatic carbocycles. The van der Waals surface area contributed by atoms with Gasteiger partial charge in [0.15, 0.2) is 6.23 Å². The molecular formula is C16H21N5O5. The normalized spacial score (nSPS) is 47.9. The highest BCUT2D eigenvalue weighted by Crippen LogP contribution is 2.72. The Morgan fingerprint density at radius 2 is 1.96 bits per heavy atom. The van der Waals surface area contributed by atoms with Crippen molar-refractivity contribution in [3.63, 3.8) is 0 Å². The Balaban J connectivity index is 1.78. The Morgan fingerprint density at radius 3 is 2.73 bits per heavy atom. The third-order valence-corrected chi connectivity index (χ3v) is 7.73. The Bertz CT molecular complexity index is 963. The van der Waals surface area contributed by atoms with Crippen LogP contribution in [0.5, 0.6) is 0 Å². The summed E-state index contributed by atoms with van der Waals surface area (Å²) in [5.41, 5.74) is -1.72. The minimum absolute atomic E-state index is 0.0220. The Hall–Kier alpha value is -1.75. The van der Waals surface area contributed by atoms with Gasteiger partial charge < -0.3 is 14.7 Å². The van der Waals surface area contributed by atoms with Crippen molar-refractivity contribution in [3.8, 4) is 0 Å². The lowest BCUT2D eigenvalue weighted by Gasteiger charge is -2.57. The van der Waals surface area contributed by atoms with Crippen molar-refractivity contribution in [1.29, 1.82) is 0 Å². The highest BCUT2D eigenvalue weighted by atomic mass is 16.6. The van der Waals surface area contributed by atoms with Crippen LogP contribution in [-0.2, 0) is 16.5 Å². The summed E-state index contributed by atoms with van der Waals surface area (Å²) in [7, 11) is 3.01. The van der Waals surface area contributed by atoms with Crippen LogP contribution in [0.25, 0.3) is 0 Å². The molecular weight excluding hydrogens is 342 g/mol. The zero-order chi connectivity index (χ0) is 18.0. The van der Waals surface area contributed by atoms with Crippen molar-refractivity contribution in [2.45, 2.75) is 43.2 Å². The maximum atomic E-state index is 13.0. The smallest absolute Gasteiger partial charge is 0.347 e. The van der Waals surface area contributed by atoms with Crippen LogP contribution in [0.1, 0.15) is 24.9 Å². The number of hydrogen-bond donors (Lipinski definition) is 1. The first-order chi connectivity index (χ1) is 12.5. The van der Waals surface area contributed by atoms with Gasteiger partial charge in [-0.25, -0.2) is 23.5 Å². The molecule has 10 heteroatoms. The molecule has 5 aliphatic rings. The van der Waals surface area contributed by atoms with Gasteiger partial charge in [0.2, 0.25) is 0 Å². The van der Waals surface area contributed by atoms with Gasteiger partial charge in [0.05, 0.1) is 30.1 Å². The van der Waals surface area contributed by atoms with Gasteiger partial charge >= 0.3 is 11.4 Å². The van der Waals surface area contributed by atoms with Crippen LogP contribution in [0.4, 0.5) is 0 Å². The number of ether oxygens (including phenoxy) is 2. The molecule has 0 radical (unpaired) electrons. The molecule has 1 aliphatic carbocycles. The number of fused-ring (bicyclic) bond motifs is 3. The van der Waals surface area contributed by atoms with Gasteiger partial charge in [-0.2, -0.15) is 5.06 Å². The fourth-order valence-corrected chi connectivity index (χ4v) is 6.82. The van der Waals surface area contributed by atoms with Gasteiger partial charge in [0.1, 0.15) is 12.1 Å². The van der Waals surface area contributed by atoms with Gasteiger partial charge in [-0.1, -0.05) is 0 Å². The number of hydrogen-bond acceptors (Lipinski definition) is 7. The topological polar surface area (TPSA) is 103 Å². The van der Waals surface area contributed by atoms with Crippen molar-refractivity contribution >= 4 is 6.21 Å². The van der Waals surface area contributed by atoms with Gasteiger partial charge in [-0.05, 0) is 12.8 Å². The Kier molecular flexibility index (Phi) is 2.58. The van der Waals surface area contributed by atoms with E-state index in [1.165, 1.54) is 28.6 Å². The van der Waals surface area contributed by atoms with E-state index in [9.17, 15) is 14.8 Å². The van der Waals surface area contributed by atoms with E-state index < -0.39 is 28.8 Å². The van der Waals surface area contributed by atoms with Crippen LogP contribution in [0.15, 0.2) is 14.6 Å². The fraction of sp³-hybridized carbons (Fsp3) is 0.812. The molecule has 10 nitrogen and oxygen atoms in total. The third-order valence-electron chi connectivity index (χ3n) is 7.73. The van der Waals surface area contributed by atoms with Crippen LogP contribution in [-0.4, -0.2) is 69.1 Å². The van der Waals surface area contributed by atoms with Crippen LogP contribution >= 0.6 is 0 Å². The summed E-state index contributed by atoms with van der Waals surface area (Å²) >= 11 is 0. The van der Waals surface area contributed by atoms with Crippen molar-refractivity contribution < 1.29 is 14.7 Å². The molecule has 1 N–H and O–H groups in total. The molecule has 7 atom stereocenters. The summed E-state index contributed by atoms with van der Waals surface area (Å²) in [4.78, 5) is 30.7. The quantitative estimate of drug-likeness (QED) is 0.668. The number of methoxy groups -OCH3 is 1. The van der Waals surface area contributed by atoms with Crippen LogP contribution in [0, 0.1) is 10.8 Å². The molecule has 0 bridgehead atoms. The van der Waals surface area contributed by atoms with Gasteiger partial charge in [-0.15, -0.1) is 0 Å². The molecule has 6 rings (SSSR count). The third kappa shape index (κ3) is 1.21. The maximum absolute atomic E-state index is 13.0. The van der Waals surface area contributed by atoms with Crippen LogP contribution in [0.2, 0.25) is 0 Å². The molecule has 1 aromatic heterocycles. The van der Waals surface area contributed by atoms with E-state index >= 15 is 0 Å². The van der Waals surface area contributed by atoms with Crippen molar-refractivity contribution in [1.82, 2.24) is 19.0 Å². The van der Waals surface area contributed by atoms with E-state index in [1.807, 2.05) is 6.21 Å². The van der Waals surface area contributed by atoms with Crippen LogP contribution in [0.3, 0.4) is 0 Å². The molecule has 0 amide bonds. The largest absolute Gasteiger partial charge is 0.380 e. The monoisotopic (exact) mass is 363 g/mol. The number of hydroxylamine groups is 2. The van der Waals surface area contributed by atoms with Crippen LogP contribution < -0.4 is 11.4 Å². The zero-order valence-corrected chi connectivity index (χ0v) is 14.6. The standard InChI is InChI=1S/C16H21N5O5/c1-18-13(22)19-10-5-17-8-3-4-9-16(7-26-6-15(8,10)16)11(20(19)14(18)23)12(25-2)21(9)24/h5,8-12,24H,3-4,6-7H2,1-2H3/t8-,9+,10-,11+,12+,15+,16-/m0/s1. The first-order valence-electron chi connectivity index (χ1n) is 9.02. The average molecular weight is 363 g/mol. The van der Waals surface area contributed by atoms with E-state index in [4.69, 9.17) is 14.5 Å². The SMILES string of the molecule is CO[C@@H]1[C@H]2n3c(=O)n(C)c(=O)n3[C@H]3C=N[C@H]4CC[C@@H](N1O)[C@@]21COC[C@@]431. The maximum Gasteiger partial charge on any atom is 0.347 e. The molecule has 0 unspecified atom stereocenters. The lowest BCUT2D eigenvalue weighted by molar-refractivity contribution is -0.217. The summed E-state index contributed by atoms with van der Waals surface area (Å²) in [5.74, 6) is 0. The van der Waals surface area contributed by atoms with E-state index in [2.05, 4.69) is 0 Å². The first kappa shape index (κ1) is 15.3. The number of aliphatic imine (C=N–C) groups is 1. The molecule has 2 spiro atoms. The summed E-state index contributed by atoms with van der Waals surface area (Å²) in [6.45, 7) is 0.889. The first-order valence-corrected chi connectivity index (χ1v) is 9.02. The predicted molar refractivity (Wildman–Crippen MR) is 87.4 cm³/mol. The highest BCUT2D eigenvalue weighted by molar-refractivity contribution is 5.69. The highest BCUT2D eigenvalue weighted by Gasteiger charge is 2.81. The number of aromatic nitrogens is 3. The summed E-state index contributed by atoms with van der Waals surface area (Å²) < 4.78 is 15.8. The molecule has 2 saturated heterocycles. The minimum Gasteiger partial charge on any atom is -0.380 e. The van der Waals surface area contributed by atoms with Gasteiger partial charge in [0, 0.05) is 26.4 Å². The summed E-state index contributed by atoms with van der Waals surface area (Å²) in [5, 5.41) is 12.2. The van der Waals surface area contributed by atoms with E-state index in [0.717, 1.165) is 17.4 Å². The Morgan fingerprint density at radius 1 is 1.23 bits per heavy atom. The lowest BCUT2D eigenvalue weighted by Crippen LogP contribution is -2.67. The lowest BCUT2D eigenvalue weighted by atomic mass is 9.49. The second-order valence-electron chi connectivity index (χ2n) is 8.19. The fourth-order valence-electron chi connectivity index (χ4n) is 6.82. The second-order valence-corrected chi connectivity index (χ2v) is 8.19. The summed E-state index contributed by atoms with van der Waals surface area (Å²) in [6.07, 6.45) is 2.66. The summed E-state index contributed by atoms with van der Waals surface area (Å²) in [6, 6.07) is -1.03. The van der Waals surface area contributed by atoms with E-state index in [0.29, 0.717) is 13.2 Å². The predicted octanol–water partition coefficient (Wildman–Crippen LogP) is -1.26. The van der Waals surface area contributed by atoms with Crippen molar-refractivity contribution in [2.24, 2.45) is 22.9 Å². The van der Waals surface area contributed by atoms with Gasteiger partial charge in [-0.3, -0.25) is 4.99 Å². The zero-order valence-electron chi connectivity index (χ0n) is 14.6. The number of rotatable bonds is 1. The molecule has 140 valence electrons. The molecule has 1 saturated carbocycles. The van der Waals surface area contributed by atoms with Gasteiger partial charge in [0.25, 0.3) is 0 Å². The number of nitrogens with zero attached hydrogens (tertiary/aromatic N) is 5. The van der Waals surface area contributed by atoms with E-state index in [1.54, 1.807) is 0 Å². The average Bonchev–Trinajstić information content (AvgIpc) is 3.32. The van der Waals surface area contributed by atoms with Crippen molar-refractivity contribution in [2.75, 3.05) is 20.3 Å². The molecule has 5 heterocycles. The Labute approximate surface area is 148 Å². The second kappa shape index (κ2) is 4.38. The molecule has 3 fully saturated rings. The molecule has 1 aromatic rings.